The lowest BCUT2D eigenvalue weighted by Crippen LogP contribution is -2.62. The van der Waals surface area contributed by atoms with Crippen molar-refractivity contribution in [2.45, 2.75) is 37.5 Å². The van der Waals surface area contributed by atoms with Gasteiger partial charge in [0.2, 0.25) is 17.6 Å². The van der Waals surface area contributed by atoms with Crippen molar-refractivity contribution in [1.29, 1.82) is 0 Å². The van der Waals surface area contributed by atoms with E-state index >= 15 is 0 Å². The van der Waals surface area contributed by atoms with Crippen molar-refractivity contribution in [2.24, 2.45) is 5.92 Å². The van der Waals surface area contributed by atoms with E-state index in [4.69, 9.17) is 17.3 Å². The summed E-state index contributed by atoms with van der Waals surface area (Å²) < 4.78 is 54.5. The Bertz CT molecular complexity index is 1210. The lowest BCUT2D eigenvalue weighted by Gasteiger charge is -2.47. The first-order chi connectivity index (χ1) is 17.9. The van der Waals surface area contributed by atoms with E-state index in [2.05, 4.69) is 15.3 Å². The quantitative estimate of drug-likeness (QED) is 0.543. The zero-order chi connectivity index (χ0) is 27.8. The fourth-order valence-corrected chi connectivity index (χ4v) is 5.29. The van der Waals surface area contributed by atoms with Gasteiger partial charge in [-0.1, -0.05) is 11.6 Å². The van der Waals surface area contributed by atoms with E-state index in [0.717, 1.165) is 18.5 Å². The van der Waals surface area contributed by atoms with E-state index in [1.54, 1.807) is 23.9 Å². The molecule has 1 aromatic heterocycles. The van der Waals surface area contributed by atoms with Gasteiger partial charge in [-0.25, -0.2) is 9.97 Å². The van der Waals surface area contributed by atoms with Gasteiger partial charge in [-0.3, -0.25) is 9.59 Å². The van der Waals surface area contributed by atoms with Crippen LogP contribution in [-0.4, -0.2) is 77.4 Å². The number of nitrogens with two attached hydrogens (primary N) is 1. The number of nitrogen functional groups attached to an aromatic ring is 1. The molecular formula is C24H28ClF4N7O2. The van der Waals surface area contributed by atoms with Gasteiger partial charge < -0.3 is 25.8 Å². The van der Waals surface area contributed by atoms with Gasteiger partial charge in [-0.15, -0.1) is 0 Å². The van der Waals surface area contributed by atoms with Crippen LogP contribution in [-0.2, 0) is 15.8 Å². The molecule has 9 nitrogen and oxygen atoms in total. The third-order valence-electron chi connectivity index (χ3n) is 6.88. The van der Waals surface area contributed by atoms with Gasteiger partial charge >= 0.3 is 6.18 Å². The van der Waals surface area contributed by atoms with Crippen LogP contribution in [0.2, 0.25) is 5.02 Å². The first kappa shape index (κ1) is 27.7. The first-order valence-electron chi connectivity index (χ1n) is 12.0. The zero-order valence-electron chi connectivity index (χ0n) is 20.8. The average molecular weight is 558 g/mol. The largest absolute Gasteiger partial charge is 0.416 e. The van der Waals surface area contributed by atoms with E-state index in [1.165, 1.54) is 11.0 Å². The molecule has 0 bridgehead atoms. The number of carbonyl (C=O) groups excluding carboxylic acids is 2. The SMILES string of the molecule is CN(C)C(=O)[C@H]1CCN(c2ncnc(N)c2F)C[C@@H]1N1CCC[C@H](Nc2cc(Cl)cc(C(F)(F)F)c2)C1=O. The molecule has 2 fully saturated rings. The van der Waals surface area contributed by atoms with Crippen LogP contribution in [0.25, 0.3) is 0 Å². The van der Waals surface area contributed by atoms with Gasteiger partial charge in [-0.2, -0.15) is 17.6 Å². The summed E-state index contributed by atoms with van der Waals surface area (Å²) in [7, 11) is 3.24. The average Bonchev–Trinajstić information content (AvgIpc) is 2.85. The molecule has 2 aliphatic rings. The molecule has 2 aliphatic heterocycles. The molecular weight excluding hydrogens is 530 g/mol. The number of likely N-dealkylation sites (tertiary alicyclic amines) is 1. The number of alkyl halides is 3. The Hall–Kier alpha value is -3.35. The Kier molecular flexibility index (Phi) is 7.86. The Morgan fingerprint density at radius 2 is 1.92 bits per heavy atom. The van der Waals surface area contributed by atoms with Crippen molar-refractivity contribution >= 4 is 40.7 Å². The van der Waals surface area contributed by atoms with Crippen molar-refractivity contribution in [1.82, 2.24) is 19.8 Å². The highest BCUT2D eigenvalue weighted by atomic mass is 35.5. The number of carbonyl (C=O) groups is 2. The van der Waals surface area contributed by atoms with Crippen LogP contribution in [0.4, 0.5) is 34.9 Å². The van der Waals surface area contributed by atoms with E-state index < -0.39 is 35.6 Å². The molecule has 0 spiro atoms. The molecule has 0 radical (unpaired) electrons. The Labute approximate surface area is 221 Å². The van der Waals surface area contributed by atoms with Crippen molar-refractivity contribution in [3.05, 3.63) is 40.9 Å². The molecule has 1 aromatic carbocycles. The van der Waals surface area contributed by atoms with Gasteiger partial charge in [-0.05, 0) is 37.5 Å². The number of hydrogen-bond acceptors (Lipinski definition) is 7. The number of rotatable bonds is 5. The summed E-state index contributed by atoms with van der Waals surface area (Å²) in [6.45, 7) is 0.760. The summed E-state index contributed by atoms with van der Waals surface area (Å²) in [5.41, 5.74) is 4.75. The van der Waals surface area contributed by atoms with Crippen molar-refractivity contribution in [2.75, 3.05) is 49.7 Å². The summed E-state index contributed by atoms with van der Waals surface area (Å²) in [5.74, 6) is -2.21. The topological polar surface area (TPSA) is 108 Å². The van der Waals surface area contributed by atoms with E-state index in [9.17, 15) is 27.2 Å². The number of hydrogen-bond donors (Lipinski definition) is 2. The molecule has 0 unspecified atom stereocenters. The van der Waals surface area contributed by atoms with Crippen LogP contribution in [0.1, 0.15) is 24.8 Å². The van der Waals surface area contributed by atoms with Crippen LogP contribution >= 0.6 is 11.6 Å². The number of piperidine rings is 2. The van der Waals surface area contributed by atoms with Gasteiger partial charge in [0, 0.05) is 44.4 Å². The second-order valence-corrected chi connectivity index (χ2v) is 10.1. The predicted octanol–water partition coefficient (Wildman–Crippen LogP) is 3.26. The van der Waals surface area contributed by atoms with E-state index in [0.29, 0.717) is 32.4 Å². The number of nitrogens with zero attached hydrogens (tertiary/aromatic N) is 5. The second-order valence-electron chi connectivity index (χ2n) is 9.63. The molecule has 14 heteroatoms. The normalized spacial score (nSPS) is 22.4. The molecule has 2 amide bonds. The maximum Gasteiger partial charge on any atom is 0.416 e. The minimum absolute atomic E-state index is 0.0176. The Balaban J connectivity index is 1.61. The third-order valence-corrected chi connectivity index (χ3v) is 7.10. The standard InChI is InChI=1S/C24H28ClF4N7O2/c1-34(2)22(37)16-5-7-35(21-19(26)20(30)31-12-32-21)11-18(16)36-6-3-4-17(23(36)38)33-15-9-13(24(27,28)29)8-14(25)10-15/h8-10,12,16-18,33H,3-7,11H2,1-2H3,(H2,30,31,32)/t16-,17-,18-/m0/s1. The molecule has 206 valence electrons. The molecule has 2 saturated heterocycles. The van der Waals surface area contributed by atoms with E-state index in [1.807, 2.05) is 0 Å². The highest BCUT2D eigenvalue weighted by molar-refractivity contribution is 6.31. The minimum Gasteiger partial charge on any atom is -0.381 e. The van der Waals surface area contributed by atoms with Crippen molar-refractivity contribution < 1.29 is 27.2 Å². The van der Waals surface area contributed by atoms with Crippen LogP contribution < -0.4 is 16.0 Å². The lowest BCUT2D eigenvalue weighted by atomic mass is 9.87. The van der Waals surface area contributed by atoms with Crippen LogP contribution in [0, 0.1) is 11.7 Å². The van der Waals surface area contributed by atoms with E-state index in [-0.39, 0.29) is 40.7 Å². The molecule has 3 heterocycles. The zero-order valence-corrected chi connectivity index (χ0v) is 21.6. The second kappa shape index (κ2) is 10.8. The summed E-state index contributed by atoms with van der Waals surface area (Å²) in [6.07, 6.45) is -2.20. The minimum atomic E-state index is -4.60. The molecule has 4 rings (SSSR count). The van der Waals surface area contributed by atoms with Crippen LogP contribution in [0.5, 0.6) is 0 Å². The molecule has 0 aliphatic carbocycles. The Morgan fingerprint density at radius 3 is 2.61 bits per heavy atom. The summed E-state index contributed by atoms with van der Waals surface area (Å²) in [5, 5.41) is 2.78. The molecule has 3 atom stereocenters. The van der Waals surface area contributed by atoms with Crippen LogP contribution in [0.3, 0.4) is 0 Å². The maximum atomic E-state index is 14.7. The maximum absolute atomic E-state index is 14.7. The fourth-order valence-electron chi connectivity index (χ4n) is 5.05. The number of amides is 2. The van der Waals surface area contributed by atoms with Crippen molar-refractivity contribution in [3.8, 4) is 0 Å². The number of benzene rings is 1. The summed E-state index contributed by atoms with van der Waals surface area (Å²) in [6, 6.07) is 1.58. The Morgan fingerprint density at radius 1 is 1.18 bits per heavy atom. The molecule has 3 N–H and O–H groups in total. The number of halogens is 5. The van der Waals surface area contributed by atoms with Gasteiger partial charge in [0.15, 0.2) is 11.6 Å². The summed E-state index contributed by atoms with van der Waals surface area (Å²) >= 11 is 5.91. The molecule has 0 saturated carbocycles. The van der Waals surface area contributed by atoms with Gasteiger partial charge in [0.25, 0.3) is 0 Å². The number of anilines is 3. The van der Waals surface area contributed by atoms with Gasteiger partial charge in [0.1, 0.15) is 12.4 Å². The molecule has 2 aromatic rings. The highest BCUT2D eigenvalue weighted by Crippen LogP contribution is 2.35. The molecule has 38 heavy (non-hydrogen) atoms. The number of aromatic nitrogens is 2. The monoisotopic (exact) mass is 557 g/mol. The van der Waals surface area contributed by atoms with Gasteiger partial charge in [0.05, 0.1) is 17.5 Å². The van der Waals surface area contributed by atoms with Crippen LogP contribution in [0.15, 0.2) is 24.5 Å². The lowest BCUT2D eigenvalue weighted by molar-refractivity contribution is -0.143. The fraction of sp³-hybridized carbons (Fsp3) is 0.500. The van der Waals surface area contributed by atoms with Crippen molar-refractivity contribution in [3.63, 3.8) is 0 Å². The number of nitrogens with one attached hydrogen (secondary N) is 1. The highest BCUT2D eigenvalue weighted by Gasteiger charge is 2.44. The third kappa shape index (κ3) is 5.71. The first-order valence-corrected chi connectivity index (χ1v) is 12.4. The summed E-state index contributed by atoms with van der Waals surface area (Å²) in [4.78, 5) is 39.0. The predicted molar refractivity (Wildman–Crippen MR) is 134 cm³/mol. The smallest absolute Gasteiger partial charge is 0.381 e.